The second kappa shape index (κ2) is 11.7. The maximum atomic E-state index is 5.54. The molecule has 1 N–H and O–H groups in total. The molecule has 2 aliphatic heterocycles. The number of pyridine rings is 1. The predicted molar refractivity (Wildman–Crippen MR) is 121 cm³/mol. The Morgan fingerprint density at radius 1 is 1.26 bits per heavy atom. The van der Waals surface area contributed by atoms with Gasteiger partial charge in [-0.25, -0.2) is 9.98 Å². The van der Waals surface area contributed by atoms with Crippen molar-refractivity contribution in [1.29, 1.82) is 0 Å². The normalized spacial score (nSPS) is 20.6. The summed E-state index contributed by atoms with van der Waals surface area (Å²) in [4.78, 5) is 14.3. The van der Waals surface area contributed by atoms with Crippen LogP contribution < -0.4 is 10.1 Å². The van der Waals surface area contributed by atoms with E-state index in [1.165, 1.54) is 32.4 Å². The molecule has 1 atom stereocenters. The van der Waals surface area contributed by atoms with Crippen molar-refractivity contribution in [3.8, 4) is 5.88 Å². The van der Waals surface area contributed by atoms with Crippen LogP contribution in [0, 0.1) is 0 Å². The molecule has 0 saturated carbocycles. The molecule has 1 unspecified atom stereocenters. The number of aromatic nitrogens is 1. The summed E-state index contributed by atoms with van der Waals surface area (Å²) < 4.78 is 5.54. The first kappa shape index (κ1) is 22.2. The van der Waals surface area contributed by atoms with Gasteiger partial charge in [0.2, 0.25) is 5.88 Å². The first-order valence-corrected chi connectivity index (χ1v) is 10.1. The number of ether oxygens (including phenoxy) is 1. The molecule has 3 heterocycles. The summed E-state index contributed by atoms with van der Waals surface area (Å²) in [6, 6.07) is 4.69. The number of hydrogen-bond donors (Lipinski definition) is 1. The highest BCUT2D eigenvalue weighted by Gasteiger charge is 2.30. The number of guanidine groups is 1. The lowest BCUT2D eigenvalue weighted by Crippen LogP contribution is -2.42. The Kier molecular flexibility index (Phi) is 9.61. The zero-order valence-electron chi connectivity index (χ0n) is 16.7. The van der Waals surface area contributed by atoms with Gasteiger partial charge in [-0.15, -0.1) is 24.0 Å². The van der Waals surface area contributed by atoms with Gasteiger partial charge in [0.25, 0.3) is 0 Å². The molecule has 1 aromatic heterocycles. The fourth-order valence-electron chi connectivity index (χ4n) is 3.73. The van der Waals surface area contributed by atoms with Crippen LogP contribution in [0.25, 0.3) is 0 Å². The smallest absolute Gasteiger partial charge is 0.213 e. The molecule has 7 heteroatoms. The van der Waals surface area contributed by atoms with Crippen molar-refractivity contribution in [3.63, 3.8) is 0 Å². The number of nitrogens with one attached hydrogen (secondary N) is 1. The average molecular weight is 487 g/mol. The van der Waals surface area contributed by atoms with Crippen molar-refractivity contribution in [2.75, 3.05) is 39.3 Å². The minimum Gasteiger partial charge on any atom is -0.478 e. The van der Waals surface area contributed by atoms with Crippen LogP contribution in [0.15, 0.2) is 23.3 Å². The van der Waals surface area contributed by atoms with Crippen LogP contribution in [0.5, 0.6) is 5.88 Å². The van der Waals surface area contributed by atoms with Crippen molar-refractivity contribution in [3.05, 3.63) is 23.9 Å². The van der Waals surface area contributed by atoms with Gasteiger partial charge >= 0.3 is 0 Å². The molecule has 6 nitrogen and oxygen atoms in total. The SMILES string of the molecule is CCCOc1ccc(CN=C(NCC)N2CCC(N3CCCC3)C2)cn1.I. The molecule has 0 aromatic carbocycles. The number of aliphatic imine (C=N–C) groups is 1. The number of nitrogens with zero attached hydrogens (tertiary/aromatic N) is 4. The Bertz CT molecular complexity index is 574. The minimum absolute atomic E-state index is 0. The highest BCUT2D eigenvalue weighted by Crippen LogP contribution is 2.20. The van der Waals surface area contributed by atoms with E-state index in [0.29, 0.717) is 25.1 Å². The third-order valence-electron chi connectivity index (χ3n) is 5.12. The van der Waals surface area contributed by atoms with E-state index in [4.69, 9.17) is 9.73 Å². The molecule has 2 saturated heterocycles. The van der Waals surface area contributed by atoms with E-state index in [2.05, 4.69) is 40.0 Å². The molecule has 27 heavy (non-hydrogen) atoms. The van der Waals surface area contributed by atoms with E-state index in [-0.39, 0.29) is 24.0 Å². The maximum absolute atomic E-state index is 5.54. The molecule has 152 valence electrons. The maximum Gasteiger partial charge on any atom is 0.213 e. The van der Waals surface area contributed by atoms with Crippen LogP contribution in [0.4, 0.5) is 0 Å². The third-order valence-corrected chi connectivity index (χ3v) is 5.12. The van der Waals surface area contributed by atoms with Gasteiger partial charge in [0.05, 0.1) is 13.2 Å². The van der Waals surface area contributed by atoms with Crippen LogP contribution in [0.1, 0.15) is 45.1 Å². The zero-order chi connectivity index (χ0) is 18.2. The van der Waals surface area contributed by atoms with Crippen molar-refractivity contribution >= 4 is 29.9 Å². The van der Waals surface area contributed by atoms with Crippen LogP contribution in [-0.2, 0) is 6.54 Å². The Hall–Kier alpha value is -1.09. The topological polar surface area (TPSA) is 53.0 Å². The van der Waals surface area contributed by atoms with Gasteiger partial charge in [0.1, 0.15) is 0 Å². The highest BCUT2D eigenvalue weighted by molar-refractivity contribution is 14.0. The number of hydrogen-bond acceptors (Lipinski definition) is 4. The number of rotatable bonds is 7. The average Bonchev–Trinajstić information content (AvgIpc) is 3.35. The van der Waals surface area contributed by atoms with Crippen LogP contribution in [0.3, 0.4) is 0 Å². The molecule has 0 bridgehead atoms. The molecular weight excluding hydrogens is 453 g/mol. The van der Waals surface area contributed by atoms with E-state index in [1.54, 1.807) is 0 Å². The van der Waals surface area contributed by atoms with Crippen LogP contribution in [0.2, 0.25) is 0 Å². The van der Waals surface area contributed by atoms with Gasteiger partial charge in [-0.2, -0.15) is 0 Å². The highest BCUT2D eigenvalue weighted by atomic mass is 127. The molecule has 2 fully saturated rings. The van der Waals surface area contributed by atoms with E-state index in [0.717, 1.165) is 37.6 Å². The van der Waals surface area contributed by atoms with Gasteiger partial charge in [-0.3, -0.25) is 4.90 Å². The van der Waals surface area contributed by atoms with Crippen molar-refractivity contribution in [1.82, 2.24) is 20.1 Å². The van der Waals surface area contributed by atoms with Gasteiger partial charge in [0, 0.05) is 37.9 Å². The molecule has 1 aromatic rings. The van der Waals surface area contributed by atoms with Gasteiger partial charge < -0.3 is 15.0 Å². The lowest BCUT2D eigenvalue weighted by molar-refractivity contribution is 0.249. The van der Waals surface area contributed by atoms with Gasteiger partial charge in [0.15, 0.2) is 5.96 Å². The summed E-state index contributed by atoms with van der Waals surface area (Å²) >= 11 is 0. The van der Waals surface area contributed by atoms with Gasteiger partial charge in [-0.1, -0.05) is 13.0 Å². The third kappa shape index (κ3) is 6.48. The van der Waals surface area contributed by atoms with E-state index < -0.39 is 0 Å². The molecule has 0 spiro atoms. The lowest BCUT2D eigenvalue weighted by Gasteiger charge is -2.25. The summed E-state index contributed by atoms with van der Waals surface area (Å²) in [6.07, 6.45) is 6.82. The fourth-order valence-corrected chi connectivity index (χ4v) is 3.73. The fraction of sp³-hybridized carbons (Fsp3) is 0.700. The Morgan fingerprint density at radius 3 is 2.74 bits per heavy atom. The first-order valence-electron chi connectivity index (χ1n) is 10.1. The summed E-state index contributed by atoms with van der Waals surface area (Å²) in [5.74, 6) is 1.72. The van der Waals surface area contributed by atoms with E-state index >= 15 is 0 Å². The van der Waals surface area contributed by atoms with E-state index in [1.807, 2.05) is 12.3 Å². The molecule has 3 rings (SSSR count). The predicted octanol–water partition coefficient (Wildman–Crippen LogP) is 3.12. The molecule has 2 aliphatic rings. The largest absolute Gasteiger partial charge is 0.478 e. The second-order valence-electron chi connectivity index (χ2n) is 7.15. The second-order valence-corrected chi connectivity index (χ2v) is 7.15. The summed E-state index contributed by atoms with van der Waals surface area (Å²) in [6.45, 7) is 11.2. The minimum atomic E-state index is 0. The monoisotopic (exact) mass is 487 g/mol. The summed E-state index contributed by atoms with van der Waals surface area (Å²) in [5, 5.41) is 3.46. The van der Waals surface area contributed by atoms with Crippen LogP contribution >= 0.6 is 24.0 Å². The zero-order valence-corrected chi connectivity index (χ0v) is 19.0. The Labute approximate surface area is 180 Å². The molecular formula is C20H34IN5O. The lowest BCUT2D eigenvalue weighted by atomic mass is 10.2. The quantitative estimate of drug-likeness (QED) is 0.364. The van der Waals surface area contributed by atoms with Crippen molar-refractivity contribution in [2.24, 2.45) is 4.99 Å². The summed E-state index contributed by atoms with van der Waals surface area (Å²) in [5.41, 5.74) is 1.11. The van der Waals surface area contributed by atoms with Crippen LogP contribution in [-0.4, -0.2) is 66.1 Å². The Morgan fingerprint density at radius 2 is 2.07 bits per heavy atom. The number of likely N-dealkylation sites (tertiary alicyclic amines) is 2. The number of halogens is 1. The molecule has 0 aliphatic carbocycles. The molecule has 0 amide bonds. The summed E-state index contributed by atoms with van der Waals surface area (Å²) in [7, 11) is 0. The van der Waals surface area contributed by atoms with Crippen molar-refractivity contribution < 1.29 is 4.74 Å². The van der Waals surface area contributed by atoms with E-state index in [9.17, 15) is 0 Å². The molecule has 0 radical (unpaired) electrons. The standard InChI is InChI=1S/C20H33N5O.HI/c1-3-13-26-19-8-7-17(14-22-19)15-23-20(21-4-2)25-12-9-18(16-25)24-10-5-6-11-24;/h7-8,14,18H,3-6,9-13,15-16H2,1-2H3,(H,21,23);1H. The van der Waals surface area contributed by atoms with Gasteiger partial charge in [-0.05, 0) is 51.3 Å². The first-order chi connectivity index (χ1) is 12.8. The Balaban J connectivity index is 0.00000261. The van der Waals surface area contributed by atoms with Crippen molar-refractivity contribution in [2.45, 2.75) is 52.1 Å².